The van der Waals surface area contributed by atoms with Crippen molar-refractivity contribution in [1.82, 2.24) is 39.5 Å². The second-order valence-corrected chi connectivity index (χ2v) is 15.5. The average molecular weight is 728 g/mol. The van der Waals surface area contributed by atoms with Gasteiger partial charge in [0.15, 0.2) is 40.8 Å². The van der Waals surface area contributed by atoms with Crippen LogP contribution in [0, 0.1) is 0 Å². The molecule has 18 nitrogen and oxygen atoms in total. The minimum Gasteiger partial charge on any atom is -0.397 e. The zero-order valence-electron chi connectivity index (χ0n) is 22.3. The second kappa shape index (κ2) is 12.6. The lowest BCUT2D eigenvalue weighted by Gasteiger charge is -2.27. The van der Waals surface area contributed by atoms with E-state index in [0.717, 1.165) is 16.4 Å². The van der Waals surface area contributed by atoms with Crippen LogP contribution in [0.4, 0.5) is 20.4 Å². The number of ether oxygens (including phenoxy) is 1. The van der Waals surface area contributed by atoms with Crippen LogP contribution in [0.25, 0.3) is 22.3 Å². The Balaban J connectivity index is 1.22. The number of aromatic amines is 1. The molecule has 0 radical (unpaired) electrons. The lowest BCUT2D eigenvalue weighted by Crippen LogP contribution is -2.34. The molecule has 7 N–H and O–H groups in total. The van der Waals surface area contributed by atoms with Crippen molar-refractivity contribution in [2.45, 2.75) is 47.5 Å². The minimum atomic E-state index is -4.36. The fourth-order valence-corrected chi connectivity index (χ4v) is 8.63. The molecule has 0 spiro atoms. The monoisotopic (exact) mass is 727 g/mol. The molecule has 25 heteroatoms. The van der Waals surface area contributed by atoms with Crippen LogP contribution in [-0.4, -0.2) is 98.6 Å². The smallest absolute Gasteiger partial charge is 0.397 e. The molecule has 6 rings (SSSR count). The number of nitrogens with one attached hydrogen (secondary N) is 1. The van der Waals surface area contributed by atoms with Crippen molar-refractivity contribution in [2.24, 2.45) is 0 Å². The van der Waals surface area contributed by atoms with Crippen molar-refractivity contribution in [3.05, 3.63) is 28.9 Å². The SMILES string of the molecule is Nc1nc2c(ncn2[C@@H]2S[C@H](CO)[C@@H](F)[C@H]2OP(O)(=S)OC[C@H]2O[C@@H](n3nnc4c(N)ccnc43)[C@@H](F)[C@@H]2O[P+](=O)S)c(=O)[nH]1. The Morgan fingerprint density at radius 2 is 2.02 bits per heavy atom. The van der Waals surface area contributed by atoms with Crippen LogP contribution >= 0.6 is 38.0 Å². The summed E-state index contributed by atoms with van der Waals surface area (Å²) >= 11 is 9.79. The number of hydrogen-bond acceptors (Lipinski definition) is 16. The Kier molecular flexibility index (Phi) is 9.13. The first-order chi connectivity index (χ1) is 21.4. The molecule has 2 unspecified atom stereocenters. The molecule has 0 amide bonds. The lowest BCUT2D eigenvalue weighted by molar-refractivity contribution is -0.0485. The molecule has 0 bridgehead atoms. The molecule has 4 aromatic rings. The Labute approximate surface area is 265 Å². The molecular weight excluding hydrogens is 704 g/mol. The maximum atomic E-state index is 15.7. The predicted molar refractivity (Wildman–Crippen MR) is 162 cm³/mol. The molecule has 0 aliphatic carbocycles. The van der Waals surface area contributed by atoms with Crippen molar-refractivity contribution < 1.29 is 41.7 Å². The molecule has 2 fully saturated rings. The van der Waals surface area contributed by atoms with Gasteiger partial charge in [0.25, 0.3) is 5.56 Å². The summed E-state index contributed by atoms with van der Waals surface area (Å²) in [5, 5.41) is 15.5. The highest BCUT2D eigenvalue weighted by Crippen LogP contribution is 2.55. The number of anilines is 2. The van der Waals surface area contributed by atoms with Crippen LogP contribution in [0.5, 0.6) is 0 Å². The molecule has 4 aromatic heterocycles. The van der Waals surface area contributed by atoms with Crippen molar-refractivity contribution in [2.75, 3.05) is 24.7 Å². The minimum absolute atomic E-state index is 0.00239. The fraction of sp³-hybridized carbons (Fsp3) is 0.500. The number of thioether (sulfide) groups is 1. The van der Waals surface area contributed by atoms with Gasteiger partial charge in [0.1, 0.15) is 36.0 Å². The molecule has 2 aliphatic rings. The van der Waals surface area contributed by atoms with E-state index in [9.17, 15) is 19.4 Å². The normalized spacial score (nSPS) is 30.3. The highest BCUT2D eigenvalue weighted by molar-refractivity contribution is 8.39. The van der Waals surface area contributed by atoms with E-state index >= 15 is 8.78 Å². The highest BCUT2D eigenvalue weighted by atomic mass is 32.7. The molecular formula is C20H23F2N10O8P2S3+. The zero-order chi connectivity index (χ0) is 32.2. The van der Waals surface area contributed by atoms with Gasteiger partial charge in [-0.05, 0) is 22.4 Å². The summed E-state index contributed by atoms with van der Waals surface area (Å²) in [7, 11) is -2.64. The Morgan fingerprint density at radius 3 is 2.76 bits per heavy atom. The zero-order valence-corrected chi connectivity index (χ0v) is 26.6. The highest BCUT2D eigenvalue weighted by Gasteiger charge is 2.53. The number of rotatable bonds is 10. The standard InChI is InChI=1S/C20H22F2N10O8P2S3/c21-9-8(3-33)45-19(31-5-26-12-16(31)27-20(24)28-17(12)34)14(9)40-42(36,44)37-4-7-13(39-41(35)43)10(22)18(38-7)32-15-11(29-30-32)6(23)1-2-25-15/h1-2,5,7-10,13-14,18-19,33H,3-4H2,(H6-,23,24,25,27,28,30,34,35,36,43,44)/p+1/t7-,8-,9-,10+,13-,14-,18-,19-,42?/m1/s1. The molecule has 0 aromatic carbocycles. The molecule has 10 atom stereocenters. The molecule has 2 saturated heterocycles. The van der Waals surface area contributed by atoms with Crippen molar-refractivity contribution in [3.8, 4) is 0 Å². The van der Waals surface area contributed by atoms with Gasteiger partial charge in [-0.3, -0.25) is 18.9 Å². The number of aliphatic hydroxyl groups excluding tert-OH is 1. The van der Waals surface area contributed by atoms with Crippen LogP contribution in [-0.2, 0) is 34.7 Å². The van der Waals surface area contributed by atoms with Gasteiger partial charge in [-0.15, -0.1) is 21.4 Å². The number of fused-ring (bicyclic) bond motifs is 2. The molecule has 2 aliphatic heterocycles. The molecule has 45 heavy (non-hydrogen) atoms. The summed E-state index contributed by atoms with van der Waals surface area (Å²) in [6.45, 7) is -5.62. The van der Waals surface area contributed by atoms with E-state index in [1.54, 1.807) is 0 Å². The molecule has 6 heterocycles. The van der Waals surface area contributed by atoms with Crippen LogP contribution in [0.2, 0.25) is 0 Å². The third-order valence-electron chi connectivity index (χ3n) is 6.94. The Morgan fingerprint density at radius 1 is 1.24 bits per heavy atom. The Bertz CT molecular complexity index is 1870. The van der Waals surface area contributed by atoms with Crippen molar-refractivity contribution in [1.29, 1.82) is 0 Å². The van der Waals surface area contributed by atoms with Gasteiger partial charge in [-0.2, -0.15) is 9.67 Å². The average Bonchev–Trinajstić information content (AvgIpc) is 3.73. The van der Waals surface area contributed by atoms with Gasteiger partial charge >= 0.3 is 13.9 Å². The predicted octanol–water partition coefficient (Wildman–Crippen LogP) is 0.895. The fourth-order valence-electron chi connectivity index (χ4n) is 4.95. The first-order valence-corrected chi connectivity index (χ1v) is 18.6. The topological polar surface area (TPSA) is 254 Å². The van der Waals surface area contributed by atoms with Crippen LogP contribution < -0.4 is 17.0 Å². The van der Waals surface area contributed by atoms with E-state index in [2.05, 4.69) is 42.5 Å². The van der Waals surface area contributed by atoms with Gasteiger partial charge in [-0.25, -0.2) is 18.7 Å². The summed E-state index contributed by atoms with van der Waals surface area (Å²) in [6.07, 6.45) is -7.27. The van der Waals surface area contributed by atoms with Gasteiger partial charge in [-0.1, -0.05) is 5.21 Å². The second-order valence-electron chi connectivity index (χ2n) is 9.73. The number of nitrogens with zero attached hydrogens (tertiary/aromatic N) is 7. The molecule has 0 saturated carbocycles. The third kappa shape index (κ3) is 6.19. The maximum Gasteiger partial charge on any atom is 0.582 e. The summed E-state index contributed by atoms with van der Waals surface area (Å²) in [6, 6.07) is 1.48. The largest absolute Gasteiger partial charge is 0.582 e. The number of thiol groups is 1. The molecule has 242 valence electrons. The van der Waals surface area contributed by atoms with Gasteiger partial charge in [0.05, 0.1) is 30.5 Å². The number of imidazole rings is 1. The number of halogens is 2. The third-order valence-corrected chi connectivity index (χ3v) is 10.7. The number of nitrogens with two attached hydrogens (primary N) is 2. The number of aliphatic hydroxyl groups is 1. The first-order valence-electron chi connectivity index (χ1n) is 12.7. The summed E-state index contributed by atoms with van der Waals surface area (Å²) in [5.74, 6) is -0.222. The number of hydrogen-bond donors (Lipinski definition) is 6. The summed E-state index contributed by atoms with van der Waals surface area (Å²) < 4.78 is 67.4. The number of nitrogen functional groups attached to an aromatic ring is 2. The van der Waals surface area contributed by atoms with Crippen LogP contribution in [0.3, 0.4) is 0 Å². The number of alkyl halides is 2. The van der Waals surface area contributed by atoms with E-state index in [4.69, 9.17) is 41.6 Å². The van der Waals surface area contributed by atoms with E-state index in [0.29, 0.717) is 0 Å². The number of H-pyrrole nitrogens is 1. The van der Waals surface area contributed by atoms with Gasteiger partial charge in [0, 0.05) is 6.20 Å². The maximum absolute atomic E-state index is 15.7. The quantitative estimate of drug-likeness (QED) is 0.0980. The number of aromatic nitrogens is 8. The Hall–Kier alpha value is -2.43. The van der Waals surface area contributed by atoms with E-state index in [-0.39, 0.29) is 34.0 Å². The van der Waals surface area contributed by atoms with Gasteiger partial charge < -0.3 is 30.7 Å². The van der Waals surface area contributed by atoms with E-state index in [1.807, 2.05) is 0 Å². The van der Waals surface area contributed by atoms with E-state index < -0.39 is 80.2 Å². The van der Waals surface area contributed by atoms with Crippen molar-refractivity contribution >= 4 is 83.7 Å². The van der Waals surface area contributed by atoms with Crippen LogP contribution in [0.1, 0.15) is 11.6 Å². The van der Waals surface area contributed by atoms with Crippen molar-refractivity contribution in [3.63, 3.8) is 0 Å². The van der Waals surface area contributed by atoms with Gasteiger partial charge in [0.2, 0.25) is 5.95 Å². The summed E-state index contributed by atoms with van der Waals surface area (Å²) in [5.41, 5.74) is 11.3. The first kappa shape index (κ1) is 32.5. The van der Waals surface area contributed by atoms with Crippen LogP contribution in [0.15, 0.2) is 23.4 Å². The lowest BCUT2D eigenvalue weighted by atomic mass is 10.1. The number of pyridine rings is 1. The van der Waals surface area contributed by atoms with E-state index in [1.165, 1.54) is 23.2 Å². The summed E-state index contributed by atoms with van der Waals surface area (Å²) in [4.78, 5) is 37.8.